The summed E-state index contributed by atoms with van der Waals surface area (Å²) in [5, 5.41) is 9.94. The van der Waals surface area contributed by atoms with Crippen LogP contribution in [0.2, 0.25) is 5.02 Å². The Morgan fingerprint density at radius 2 is 1.85 bits per heavy atom. The lowest BCUT2D eigenvalue weighted by molar-refractivity contribution is 0.174. The lowest BCUT2D eigenvalue weighted by atomic mass is 10.0. The van der Waals surface area contributed by atoms with Gasteiger partial charge in [0.05, 0.1) is 11.6 Å². The molecule has 3 nitrogen and oxygen atoms in total. The number of benzene rings is 2. The van der Waals surface area contributed by atoms with E-state index < -0.39 is 0 Å². The highest BCUT2D eigenvalue weighted by Gasteiger charge is 2.12. The van der Waals surface area contributed by atoms with Crippen LogP contribution in [-0.2, 0) is 0 Å². The van der Waals surface area contributed by atoms with Crippen LogP contribution in [0.15, 0.2) is 42.5 Å². The number of rotatable bonds is 2. The van der Waals surface area contributed by atoms with Gasteiger partial charge in [0.25, 0.3) is 0 Å². The normalized spacial score (nSPS) is 13.1. The Kier molecular flexibility index (Phi) is 3.32. The van der Waals surface area contributed by atoms with Gasteiger partial charge in [0, 0.05) is 5.02 Å². The molecule has 0 unspecified atom stereocenters. The van der Waals surface area contributed by atoms with Gasteiger partial charge in [0.1, 0.15) is 0 Å². The third-order valence-electron chi connectivity index (χ3n) is 2.98. The van der Waals surface area contributed by atoms with Gasteiger partial charge in [-0.1, -0.05) is 29.8 Å². The van der Waals surface area contributed by atoms with E-state index in [1.807, 2.05) is 36.4 Å². The summed E-state index contributed by atoms with van der Waals surface area (Å²) in [6.07, 6.45) is 1.81. The number of halogens is 1. The topological polar surface area (TPSA) is 42.2 Å². The van der Waals surface area contributed by atoms with Gasteiger partial charge in [-0.15, -0.1) is 0 Å². The molecule has 3 rings (SSSR count). The summed E-state index contributed by atoms with van der Waals surface area (Å²) in [5.41, 5.74) is 2.29. The SMILES string of the molecule is N#C/C(=C\c1ccc2c(c1)OCO2)c1ccc(Cl)cc1. The molecule has 0 atom stereocenters. The predicted octanol–water partition coefficient (Wildman–Crippen LogP) is 4.13. The first-order chi connectivity index (χ1) is 9.76. The van der Waals surface area contributed by atoms with Gasteiger partial charge in [0.15, 0.2) is 11.5 Å². The minimum Gasteiger partial charge on any atom is -0.454 e. The monoisotopic (exact) mass is 283 g/mol. The van der Waals surface area contributed by atoms with Crippen molar-refractivity contribution in [2.45, 2.75) is 0 Å². The van der Waals surface area contributed by atoms with Crippen molar-refractivity contribution in [1.82, 2.24) is 0 Å². The van der Waals surface area contributed by atoms with Crippen molar-refractivity contribution in [2.75, 3.05) is 6.79 Å². The minimum absolute atomic E-state index is 0.241. The zero-order valence-electron chi connectivity index (χ0n) is 10.5. The van der Waals surface area contributed by atoms with E-state index in [1.54, 1.807) is 12.1 Å². The fourth-order valence-corrected chi connectivity index (χ4v) is 2.11. The molecular weight excluding hydrogens is 274 g/mol. The highest BCUT2D eigenvalue weighted by molar-refractivity contribution is 6.30. The molecule has 0 fully saturated rings. The minimum atomic E-state index is 0.241. The maximum absolute atomic E-state index is 9.30. The van der Waals surface area contributed by atoms with Crippen molar-refractivity contribution in [3.05, 3.63) is 58.6 Å². The smallest absolute Gasteiger partial charge is 0.231 e. The van der Waals surface area contributed by atoms with Gasteiger partial charge in [-0.05, 0) is 41.5 Å². The van der Waals surface area contributed by atoms with E-state index in [-0.39, 0.29) is 6.79 Å². The quantitative estimate of drug-likeness (QED) is 0.615. The molecule has 1 aliphatic rings. The fraction of sp³-hybridized carbons (Fsp3) is 0.0625. The Morgan fingerprint density at radius 3 is 2.60 bits per heavy atom. The number of hydrogen-bond donors (Lipinski definition) is 0. The van der Waals surface area contributed by atoms with E-state index >= 15 is 0 Å². The summed E-state index contributed by atoms with van der Waals surface area (Å²) >= 11 is 5.85. The maximum atomic E-state index is 9.30. The van der Waals surface area contributed by atoms with E-state index in [2.05, 4.69) is 6.07 Å². The number of ether oxygens (including phenoxy) is 2. The van der Waals surface area contributed by atoms with E-state index in [4.69, 9.17) is 21.1 Å². The van der Waals surface area contributed by atoms with Crippen LogP contribution in [-0.4, -0.2) is 6.79 Å². The molecule has 0 saturated carbocycles. The van der Waals surface area contributed by atoms with Gasteiger partial charge in [-0.2, -0.15) is 5.26 Å². The second kappa shape index (κ2) is 5.28. The van der Waals surface area contributed by atoms with Crippen molar-refractivity contribution in [3.8, 4) is 17.6 Å². The average Bonchev–Trinajstić information content (AvgIpc) is 2.93. The number of nitriles is 1. The Labute approximate surface area is 121 Å². The van der Waals surface area contributed by atoms with Gasteiger partial charge >= 0.3 is 0 Å². The standard InChI is InChI=1S/C16H10ClNO2/c17-14-4-2-12(3-5-14)13(9-18)7-11-1-6-15-16(8-11)20-10-19-15/h1-8H,10H2/b13-7+. The Balaban J connectivity index is 1.97. The molecule has 0 saturated heterocycles. The lowest BCUT2D eigenvalue weighted by Crippen LogP contribution is -1.92. The van der Waals surface area contributed by atoms with Gasteiger partial charge in [-0.25, -0.2) is 0 Å². The van der Waals surface area contributed by atoms with Crippen LogP contribution in [0.4, 0.5) is 0 Å². The summed E-state index contributed by atoms with van der Waals surface area (Å²) in [6, 6.07) is 15.0. The summed E-state index contributed by atoms with van der Waals surface area (Å²) in [4.78, 5) is 0. The van der Waals surface area contributed by atoms with Gasteiger partial charge in [0.2, 0.25) is 6.79 Å². The first kappa shape index (κ1) is 12.6. The zero-order valence-corrected chi connectivity index (χ0v) is 11.2. The number of allylic oxidation sites excluding steroid dienone is 1. The molecular formula is C16H10ClNO2. The lowest BCUT2D eigenvalue weighted by Gasteiger charge is -2.01. The summed E-state index contributed by atoms with van der Waals surface area (Å²) < 4.78 is 10.6. The molecule has 4 heteroatoms. The first-order valence-electron chi connectivity index (χ1n) is 6.03. The van der Waals surface area contributed by atoms with Crippen LogP contribution >= 0.6 is 11.6 Å². The summed E-state index contributed by atoms with van der Waals surface area (Å²) in [6.45, 7) is 0.241. The highest BCUT2D eigenvalue weighted by atomic mass is 35.5. The fourth-order valence-electron chi connectivity index (χ4n) is 1.98. The van der Waals surface area contributed by atoms with Crippen molar-refractivity contribution in [2.24, 2.45) is 0 Å². The number of fused-ring (bicyclic) bond motifs is 1. The molecule has 98 valence electrons. The summed E-state index contributed by atoms with van der Waals surface area (Å²) in [5.74, 6) is 1.43. The molecule has 0 amide bonds. The van der Waals surface area contributed by atoms with E-state index in [0.29, 0.717) is 16.3 Å². The third kappa shape index (κ3) is 2.47. The largest absolute Gasteiger partial charge is 0.454 e. The second-order valence-electron chi connectivity index (χ2n) is 4.29. The molecule has 0 radical (unpaired) electrons. The van der Waals surface area contributed by atoms with Crippen LogP contribution in [0, 0.1) is 11.3 Å². The molecule has 2 aromatic carbocycles. The van der Waals surface area contributed by atoms with E-state index in [0.717, 1.165) is 16.9 Å². The Bertz CT molecular complexity index is 714. The molecule has 0 aliphatic carbocycles. The van der Waals surface area contributed by atoms with Crippen molar-refractivity contribution >= 4 is 23.3 Å². The summed E-state index contributed by atoms with van der Waals surface area (Å²) in [7, 11) is 0. The zero-order chi connectivity index (χ0) is 13.9. The average molecular weight is 284 g/mol. The van der Waals surface area contributed by atoms with Crippen LogP contribution in [0.1, 0.15) is 11.1 Å². The predicted molar refractivity (Wildman–Crippen MR) is 77.5 cm³/mol. The third-order valence-corrected chi connectivity index (χ3v) is 3.24. The van der Waals surface area contributed by atoms with E-state index in [1.165, 1.54) is 0 Å². The molecule has 0 bridgehead atoms. The van der Waals surface area contributed by atoms with Crippen molar-refractivity contribution in [3.63, 3.8) is 0 Å². The van der Waals surface area contributed by atoms with Gasteiger partial charge in [-0.3, -0.25) is 0 Å². The van der Waals surface area contributed by atoms with Crippen LogP contribution < -0.4 is 9.47 Å². The molecule has 0 spiro atoms. The first-order valence-corrected chi connectivity index (χ1v) is 6.41. The van der Waals surface area contributed by atoms with Crippen LogP contribution in [0.3, 0.4) is 0 Å². The second-order valence-corrected chi connectivity index (χ2v) is 4.73. The van der Waals surface area contributed by atoms with Crippen molar-refractivity contribution in [1.29, 1.82) is 5.26 Å². The maximum Gasteiger partial charge on any atom is 0.231 e. The van der Waals surface area contributed by atoms with Crippen LogP contribution in [0.5, 0.6) is 11.5 Å². The molecule has 0 aromatic heterocycles. The molecule has 2 aromatic rings. The highest BCUT2D eigenvalue weighted by Crippen LogP contribution is 2.33. The Hall–Kier alpha value is -2.44. The number of nitrogens with zero attached hydrogens (tertiary/aromatic N) is 1. The molecule has 20 heavy (non-hydrogen) atoms. The Morgan fingerprint density at radius 1 is 1.10 bits per heavy atom. The van der Waals surface area contributed by atoms with Crippen molar-refractivity contribution < 1.29 is 9.47 Å². The molecule has 1 aliphatic heterocycles. The van der Waals surface area contributed by atoms with Gasteiger partial charge < -0.3 is 9.47 Å². The van der Waals surface area contributed by atoms with Crippen LogP contribution in [0.25, 0.3) is 11.6 Å². The number of hydrogen-bond acceptors (Lipinski definition) is 3. The van der Waals surface area contributed by atoms with E-state index in [9.17, 15) is 5.26 Å². The molecule has 0 N–H and O–H groups in total. The molecule has 1 heterocycles.